The maximum absolute atomic E-state index is 13.0. The molecule has 6 heterocycles. The number of amides is 4. The smallest absolute Gasteiger partial charge is 0.265 e. The van der Waals surface area contributed by atoms with Crippen molar-refractivity contribution in [2.45, 2.75) is 37.8 Å². The van der Waals surface area contributed by atoms with Crippen LogP contribution in [0.5, 0.6) is 0 Å². The molecule has 0 radical (unpaired) electrons. The first-order valence-corrected chi connectivity index (χ1v) is 10.00. The van der Waals surface area contributed by atoms with Gasteiger partial charge in [0.05, 0.1) is 22.3 Å². The van der Waals surface area contributed by atoms with Crippen LogP contribution in [0.3, 0.4) is 0 Å². The van der Waals surface area contributed by atoms with Crippen LogP contribution in [0.15, 0.2) is 33.1 Å². The molecule has 0 N–H and O–H groups in total. The van der Waals surface area contributed by atoms with Gasteiger partial charge >= 0.3 is 0 Å². The van der Waals surface area contributed by atoms with Crippen LogP contribution >= 0.6 is 0 Å². The van der Waals surface area contributed by atoms with Crippen molar-refractivity contribution in [3.05, 3.63) is 46.5 Å². The summed E-state index contributed by atoms with van der Waals surface area (Å²) in [6.45, 7) is 0. The summed E-state index contributed by atoms with van der Waals surface area (Å²) in [5.74, 6) is -1.40. The average molecular weight is 402 g/mol. The first kappa shape index (κ1) is 16.2. The molecule has 1 fully saturated rings. The maximum Gasteiger partial charge on any atom is 0.265 e. The lowest BCUT2D eigenvalue weighted by Crippen LogP contribution is -2.49. The van der Waals surface area contributed by atoms with E-state index in [1.54, 1.807) is 24.3 Å². The fourth-order valence-electron chi connectivity index (χ4n) is 5.49. The molecule has 1 aliphatic carbocycles. The Labute approximate surface area is 168 Å². The van der Waals surface area contributed by atoms with Gasteiger partial charge in [-0.2, -0.15) is 0 Å². The summed E-state index contributed by atoms with van der Waals surface area (Å²) in [5.41, 5.74) is 3.04. The molecule has 2 unspecified atom stereocenters. The Hall–Kier alpha value is -3.68. The van der Waals surface area contributed by atoms with Gasteiger partial charge in [0.2, 0.25) is 0 Å². The van der Waals surface area contributed by atoms with E-state index in [0.717, 1.165) is 0 Å². The van der Waals surface area contributed by atoms with Crippen LogP contribution in [-0.4, -0.2) is 45.5 Å². The molecule has 7 rings (SSSR count). The molecule has 3 aliphatic rings. The second-order valence-electron chi connectivity index (χ2n) is 8.26. The molecule has 0 spiro atoms. The van der Waals surface area contributed by atoms with Gasteiger partial charge in [-0.05, 0) is 49.9 Å². The van der Waals surface area contributed by atoms with E-state index in [1.807, 2.05) is 0 Å². The van der Waals surface area contributed by atoms with Crippen LogP contribution in [0.25, 0.3) is 22.3 Å². The van der Waals surface area contributed by atoms with E-state index in [-0.39, 0.29) is 35.7 Å². The second-order valence-corrected chi connectivity index (χ2v) is 8.26. The van der Waals surface area contributed by atoms with Gasteiger partial charge in [-0.15, -0.1) is 0 Å². The predicted octanol–water partition coefficient (Wildman–Crippen LogP) is 3.26. The zero-order valence-corrected chi connectivity index (χ0v) is 15.6. The van der Waals surface area contributed by atoms with Crippen LogP contribution in [0.4, 0.5) is 0 Å². The van der Waals surface area contributed by atoms with E-state index < -0.39 is 0 Å². The van der Waals surface area contributed by atoms with Crippen molar-refractivity contribution < 1.29 is 28.0 Å². The maximum atomic E-state index is 13.0. The van der Waals surface area contributed by atoms with Crippen molar-refractivity contribution in [1.29, 1.82) is 0 Å². The van der Waals surface area contributed by atoms with E-state index in [0.29, 0.717) is 70.3 Å². The topological polar surface area (TPSA) is 101 Å². The lowest BCUT2D eigenvalue weighted by molar-refractivity contribution is 0.0426. The Morgan fingerprint density at radius 2 is 0.933 bits per heavy atom. The normalized spacial score (nSPS) is 24.3. The van der Waals surface area contributed by atoms with Crippen LogP contribution in [0.1, 0.15) is 67.1 Å². The third-order valence-corrected chi connectivity index (χ3v) is 6.78. The minimum atomic E-state index is -0.364. The number of fused-ring (bicyclic) bond motifs is 10. The Kier molecular flexibility index (Phi) is 2.73. The van der Waals surface area contributed by atoms with Gasteiger partial charge in [0.25, 0.3) is 23.6 Å². The predicted molar refractivity (Wildman–Crippen MR) is 102 cm³/mol. The summed E-state index contributed by atoms with van der Waals surface area (Å²) in [4.78, 5) is 54.6. The van der Waals surface area contributed by atoms with Crippen molar-refractivity contribution >= 4 is 46.0 Å². The molecule has 0 saturated heterocycles. The van der Waals surface area contributed by atoms with Gasteiger partial charge in [0.15, 0.2) is 0 Å². The van der Waals surface area contributed by atoms with Crippen LogP contribution in [0, 0.1) is 0 Å². The van der Waals surface area contributed by atoms with Gasteiger partial charge < -0.3 is 8.83 Å². The zero-order valence-electron chi connectivity index (χ0n) is 15.6. The highest BCUT2D eigenvalue weighted by molar-refractivity contribution is 6.29. The molecule has 2 atom stereocenters. The van der Waals surface area contributed by atoms with E-state index in [1.165, 1.54) is 9.80 Å². The standard InChI is InChI=1S/C22H14N2O6/c25-19-15-11-4-5-12(29-11)16(15)20(26)23(19)9-2-1-3-10(8-9)24-21(27)17-13-6-7-14(30-13)18(17)22(24)28/h4-7,9-10H,1-3,8H2. The van der Waals surface area contributed by atoms with Gasteiger partial charge in [0, 0.05) is 12.1 Å². The molecular weight excluding hydrogens is 388 g/mol. The lowest BCUT2D eigenvalue weighted by atomic mass is 9.89. The number of nitrogens with zero attached hydrogens (tertiary/aromatic N) is 2. The number of hydrogen-bond acceptors (Lipinski definition) is 6. The van der Waals surface area contributed by atoms with Crippen molar-refractivity contribution in [3.63, 3.8) is 0 Å². The van der Waals surface area contributed by atoms with E-state index in [4.69, 9.17) is 8.83 Å². The fraction of sp³-hybridized carbons (Fsp3) is 0.273. The summed E-state index contributed by atoms with van der Waals surface area (Å²) >= 11 is 0. The van der Waals surface area contributed by atoms with E-state index in [9.17, 15) is 19.2 Å². The monoisotopic (exact) mass is 402 g/mol. The highest BCUT2D eigenvalue weighted by atomic mass is 16.3. The molecule has 0 aromatic carbocycles. The summed E-state index contributed by atoms with van der Waals surface area (Å²) in [6, 6.07) is 6.05. The molecule has 4 bridgehead atoms. The molecule has 4 aromatic heterocycles. The Balaban J connectivity index is 1.20. The van der Waals surface area contributed by atoms with Crippen LogP contribution in [-0.2, 0) is 0 Å². The van der Waals surface area contributed by atoms with Gasteiger partial charge in [-0.25, -0.2) is 0 Å². The van der Waals surface area contributed by atoms with E-state index in [2.05, 4.69) is 0 Å². The largest absolute Gasteiger partial charge is 0.456 e. The SMILES string of the molecule is O=C1c2c(c3ccc2o3)C(=O)N1C1CCCC(N2C(=O)c3c(c4ccc3o4)C2=O)C1. The van der Waals surface area contributed by atoms with Gasteiger partial charge in [-0.3, -0.25) is 29.0 Å². The molecule has 30 heavy (non-hydrogen) atoms. The molecule has 8 nitrogen and oxygen atoms in total. The zero-order chi connectivity index (χ0) is 20.3. The highest BCUT2D eigenvalue weighted by Crippen LogP contribution is 2.42. The fourth-order valence-corrected chi connectivity index (χ4v) is 5.49. The van der Waals surface area contributed by atoms with Crippen molar-refractivity contribution in [2.24, 2.45) is 0 Å². The summed E-state index contributed by atoms with van der Waals surface area (Å²) in [5, 5.41) is 0. The number of rotatable bonds is 2. The van der Waals surface area contributed by atoms with Gasteiger partial charge in [0.1, 0.15) is 22.3 Å². The Morgan fingerprint density at radius 3 is 1.27 bits per heavy atom. The Bertz CT molecular complexity index is 1220. The highest BCUT2D eigenvalue weighted by Gasteiger charge is 2.49. The van der Waals surface area contributed by atoms with Crippen LogP contribution < -0.4 is 0 Å². The average Bonchev–Trinajstić information content (AvgIpc) is 3.55. The molecule has 4 aromatic rings. The third-order valence-electron chi connectivity index (χ3n) is 6.78. The van der Waals surface area contributed by atoms with Crippen molar-refractivity contribution in [3.8, 4) is 0 Å². The summed E-state index contributed by atoms with van der Waals surface area (Å²) in [6.07, 6.45) is 2.39. The number of carbonyl (C=O) groups excluding carboxylic acids is 4. The summed E-state index contributed by atoms with van der Waals surface area (Å²) < 4.78 is 10.9. The van der Waals surface area contributed by atoms with Crippen molar-refractivity contribution in [1.82, 2.24) is 9.80 Å². The minimum Gasteiger partial charge on any atom is -0.456 e. The summed E-state index contributed by atoms with van der Waals surface area (Å²) in [7, 11) is 0. The van der Waals surface area contributed by atoms with Crippen LogP contribution in [0.2, 0.25) is 0 Å². The quantitative estimate of drug-likeness (QED) is 0.477. The molecule has 148 valence electrons. The minimum absolute atomic E-state index is 0.334. The molecule has 1 saturated carbocycles. The second kappa shape index (κ2) is 5.08. The number of hydrogen-bond donors (Lipinski definition) is 0. The molecule has 8 heteroatoms. The molecule has 4 amide bonds. The first-order valence-electron chi connectivity index (χ1n) is 10.00. The third kappa shape index (κ3) is 1.70. The first-order chi connectivity index (χ1) is 14.5. The Morgan fingerprint density at radius 1 is 0.600 bits per heavy atom. The molecular formula is C22H14N2O6. The van der Waals surface area contributed by atoms with E-state index >= 15 is 0 Å². The number of imide groups is 2. The van der Waals surface area contributed by atoms with Gasteiger partial charge in [-0.1, -0.05) is 0 Å². The number of furan rings is 4. The number of benzene rings is 2. The van der Waals surface area contributed by atoms with Crippen molar-refractivity contribution in [2.75, 3.05) is 0 Å². The molecule has 2 aliphatic heterocycles. The lowest BCUT2D eigenvalue weighted by Gasteiger charge is -2.37. The number of carbonyl (C=O) groups is 4.